The summed E-state index contributed by atoms with van der Waals surface area (Å²) >= 11 is 0. The highest BCUT2D eigenvalue weighted by Gasteiger charge is 2.48. The standard InChI is InChI=1S/C28H36N4O7/c1-16-14-22(16)32(26(36)21(15-23(29)34)31-27(37)39-28(2,3)4)24(17-6-10-19(33)11-7-17)25(35)30-18-8-12-20(38-5)13-9-18/h6-13,16,21-22,24,33H,14-15H2,1-5H3,(H2,29,34)(H,30,35)(H,31,37). The predicted octanol–water partition coefficient (Wildman–Crippen LogP) is 3.09. The molecule has 11 nitrogen and oxygen atoms in total. The lowest BCUT2D eigenvalue weighted by atomic mass is 10.0. The molecule has 210 valence electrons. The molecule has 11 heteroatoms. The van der Waals surface area contributed by atoms with Crippen LogP contribution in [-0.2, 0) is 19.1 Å². The van der Waals surface area contributed by atoms with Crippen LogP contribution in [0.5, 0.6) is 11.5 Å². The summed E-state index contributed by atoms with van der Waals surface area (Å²) < 4.78 is 10.5. The van der Waals surface area contributed by atoms with Crippen LogP contribution in [0.25, 0.3) is 0 Å². The number of nitrogens with one attached hydrogen (secondary N) is 2. The highest BCUT2D eigenvalue weighted by Crippen LogP contribution is 2.41. The van der Waals surface area contributed by atoms with Crippen LogP contribution in [-0.4, -0.2) is 58.6 Å². The van der Waals surface area contributed by atoms with Crippen molar-refractivity contribution in [2.24, 2.45) is 11.7 Å². The van der Waals surface area contributed by atoms with Crippen LogP contribution in [0.3, 0.4) is 0 Å². The predicted molar refractivity (Wildman–Crippen MR) is 144 cm³/mol. The Kier molecular flexibility index (Phi) is 9.05. The molecule has 2 aromatic carbocycles. The Morgan fingerprint density at radius 2 is 1.67 bits per heavy atom. The molecular weight excluding hydrogens is 504 g/mol. The normalized spacial score (nSPS) is 17.8. The van der Waals surface area contributed by atoms with Crippen molar-refractivity contribution in [1.29, 1.82) is 0 Å². The van der Waals surface area contributed by atoms with Crippen molar-refractivity contribution in [2.75, 3.05) is 12.4 Å². The SMILES string of the molecule is COc1ccc(NC(=O)C(c2ccc(O)cc2)N(C(=O)C(CC(N)=O)NC(=O)OC(C)(C)C)C2CC2C)cc1. The zero-order valence-corrected chi connectivity index (χ0v) is 22.8. The van der Waals surface area contributed by atoms with Gasteiger partial charge in [0.2, 0.25) is 11.8 Å². The average Bonchev–Trinajstić information content (AvgIpc) is 3.57. The number of phenolic OH excluding ortho intramolecular Hbond substituents is 1. The van der Waals surface area contributed by atoms with Crippen LogP contribution < -0.4 is 21.1 Å². The molecule has 0 bridgehead atoms. The molecule has 1 aliphatic carbocycles. The van der Waals surface area contributed by atoms with Gasteiger partial charge in [-0.3, -0.25) is 14.4 Å². The van der Waals surface area contributed by atoms with Gasteiger partial charge in [0, 0.05) is 11.7 Å². The largest absolute Gasteiger partial charge is 0.508 e. The molecule has 0 aliphatic heterocycles. The van der Waals surface area contributed by atoms with E-state index >= 15 is 0 Å². The fourth-order valence-corrected chi connectivity index (χ4v) is 4.18. The smallest absolute Gasteiger partial charge is 0.408 e. The number of rotatable bonds is 10. The fraction of sp³-hybridized carbons (Fsp3) is 0.429. The second-order valence-electron chi connectivity index (χ2n) is 10.6. The van der Waals surface area contributed by atoms with Gasteiger partial charge in [0.1, 0.15) is 29.2 Å². The molecule has 0 saturated heterocycles. The van der Waals surface area contributed by atoms with Gasteiger partial charge in [-0.1, -0.05) is 19.1 Å². The Morgan fingerprint density at radius 3 is 2.15 bits per heavy atom. The molecule has 3 rings (SSSR count). The molecule has 1 saturated carbocycles. The Morgan fingerprint density at radius 1 is 1.08 bits per heavy atom. The zero-order valence-electron chi connectivity index (χ0n) is 22.8. The Balaban J connectivity index is 2.00. The summed E-state index contributed by atoms with van der Waals surface area (Å²) in [6, 6.07) is 9.78. The number of aromatic hydroxyl groups is 1. The first-order valence-electron chi connectivity index (χ1n) is 12.6. The van der Waals surface area contributed by atoms with E-state index in [4.69, 9.17) is 15.2 Å². The van der Waals surface area contributed by atoms with Crippen molar-refractivity contribution in [3.63, 3.8) is 0 Å². The van der Waals surface area contributed by atoms with Gasteiger partial charge in [0.05, 0.1) is 13.5 Å². The fourth-order valence-electron chi connectivity index (χ4n) is 4.18. The molecule has 1 aliphatic rings. The number of amides is 4. The van der Waals surface area contributed by atoms with E-state index in [0.29, 0.717) is 23.4 Å². The van der Waals surface area contributed by atoms with Gasteiger partial charge in [0.15, 0.2) is 0 Å². The Bertz CT molecular complexity index is 1190. The highest BCUT2D eigenvalue weighted by molar-refractivity contribution is 6.00. The van der Waals surface area contributed by atoms with Crippen molar-refractivity contribution < 1.29 is 33.8 Å². The van der Waals surface area contributed by atoms with E-state index in [1.54, 1.807) is 57.2 Å². The van der Waals surface area contributed by atoms with E-state index in [2.05, 4.69) is 10.6 Å². The molecular formula is C28H36N4O7. The van der Waals surface area contributed by atoms with Gasteiger partial charge in [-0.2, -0.15) is 0 Å². The number of alkyl carbamates (subject to hydrolysis) is 1. The summed E-state index contributed by atoms with van der Waals surface area (Å²) in [6.07, 6.45) is -0.765. The zero-order chi connectivity index (χ0) is 28.9. The number of phenols is 1. The number of ether oxygens (including phenoxy) is 2. The van der Waals surface area contributed by atoms with Gasteiger partial charge in [-0.15, -0.1) is 0 Å². The molecule has 1 fully saturated rings. The van der Waals surface area contributed by atoms with Crippen molar-refractivity contribution in [2.45, 2.75) is 64.3 Å². The topological polar surface area (TPSA) is 160 Å². The quantitative estimate of drug-likeness (QED) is 0.360. The third kappa shape index (κ3) is 8.10. The second-order valence-corrected chi connectivity index (χ2v) is 10.6. The third-order valence-corrected chi connectivity index (χ3v) is 6.17. The van der Waals surface area contributed by atoms with Crippen LogP contribution >= 0.6 is 0 Å². The highest BCUT2D eigenvalue weighted by atomic mass is 16.6. The molecule has 0 radical (unpaired) electrons. The molecule has 0 heterocycles. The first-order chi connectivity index (χ1) is 18.3. The minimum Gasteiger partial charge on any atom is -0.508 e. The van der Waals surface area contributed by atoms with Gasteiger partial charge in [-0.25, -0.2) is 4.79 Å². The van der Waals surface area contributed by atoms with Gasteiger partial charge < -0.3 is 35.8 Å². The lowest BCUT2D eigenvalue weighted by molar-refractivity contribution is -0.142. The number of nitrogens with zero attached hydrogens (tertiary/aromatic N) is 1. The number of nitrogens with two attached hydrogens (primary N) is 1. The molecule has 39 heavy (non-hydrogen) atoms. The summed E-state index contributed by atoms with van der Waals surface area (Å²) in [5, 5.41) is 15.1. The maximum atomic E-state index is 14.0. The van der Waals surface area contributed by atoms with E-state index in [1.165, 1.54) is 24.1 Å². The molecule has 0 aromatic heterocycles. The Hall–Kier alpha value is -4.28. The molecule has 5 N–H and O–H groups in total. The first-order valence-corrected chi connectivity index (χ1v) is 12.6. The van der Waals surface area contributed by atoms with Gasteiger partial charge >= 0.3 is 6.09 Å². The Labute approximate surface area is 227 Å². The average molecular weight is 541 g/mol. The van der Waals surface area contributed by atoms with E-state index < -0.39 is 47.9 Å². The lowest BCUT2D eigenvalue weighted by Crippen LogP contribution is -2.54. The summed E-state index contributed by atoms with van der Waals surface area (Å²) in [5.41, 5.74) is 5.48. The van der Waals surface area contributed by atoms with Gasteiger partial charge in [0.25, 0.3) is 5.91 Å². The van der Waals surface area contributed by atoms with E-state index in [0.717, 1.165) is 0 Å². The van der Waals surface area contributed by atoms with Crippen molar-refractivity contribution in [1.82, 2.24) is 10.2 Å². The number of carbonyl (C=O) groups is 4. The second kappa shape index (κ2) is 12.1. The minimum atomic E-state index is -1.36. The maximum Gasteiger partial charge on any atom is 0.408 e. The molecule has 4 unspecified atom stereocenters. The number of benzene rings is 2. The van der Waals surface area contributed by atoms with E-state index in [-0.39, 0.29) is 17.7 Å². The van der Waals surface area contributed by atoms with Crippen LogP contribution in [0, 0.1) is 5.92 Å². The number of anilines is 1. The van der Waals surface area contributed by atoms with Crippen LogP contribution in [0.15, 0.2) is 48.5 Å². The summed E-state index contributed by atoms with van der Waals surface area (Å²) in [4.78, 5) is 53.7. The first kappa shape index (κ1) is 29.3. The number of primary amides is 1. The van der Waals surface area contributed by atoms with E-state index in [1.807, 2.05) is 6.92 Å². The molecule has 0 spiro atoms. The lowest BCUT2D eigenvalue weighted by Gasteiger charge is -2.35. The number of methoxy groups -OCH3 is 1. The number of hydrogen-bond acceptors (Lipinski definition) is 7. The molecule has 2 aromatic rings. The van der Waals surface area contributed by atoms with E-state index in [9.17, 15) is 24.3 Å². The van der Waals surface area contributed by atoms with Crippen LogP contribution in [0.4, 0.5) is 10.5 Å². The van der Waals surface area contributed by atoms with Crippen molar-refractivity contribution >= 4 is 29.5 Å². The molecule has 4 amide bonds. The summed E-state index contributed by atoms with van der Waals surface area (Å²) in [7, 11) is 1.53. The minimum absolute atomic E-state index is 0.0103. The summed E-state index contributed by atoms with van der Waals surface area (Å²) in [5.74, 6) is -1.32. The van der Waals surface area contributed by atoms with Crippen molar-refractivity contribution in [3.05, 3.63) is 54.1 Å². The number of hydrogen-bond donors (Lipinski definition) is 4. The van der Waals surface area contributed by atoms with Crippen LogP contribution in [0.1, 0.15) is 52.1 Å². The molecule has 4 atom stereocenters. The van der Waals surface area contributed by atoms with Crippen LogP contribution in [0.2, 0.25) is 0 Å². The van der Waals surface area contributed by atoms with Crippen molar-refractivity contribution in [3.8, 4) is 11.5 Å². The summed E-state index contributed by atoms with van der Waals surface area (Å²) in [6.45, 7) is 6.94. The number of carbonyl (C=O) groups excluding carboxylic acids is 4. The third-order valence-electron chi connectivity index (χ3n) is 6.17. The van der Waals surface area contributed by atoms with Gasteiger partial charge in [-0.05, 0) is 75.1 Å². The monoisotopic (exact) mass is 540 g/mol. The maximum absolute atomic E-state index is 14.0.